The average Bonchev–Trinajstić information content (AvgIpc) is 3.19. The van der Waals surface area contributed by atoms with Gasteiger partial charge in [0.2, 0.25) is 5.82 Å². The Hall–Kier alpha value is -1.92. The molecular weight excluding hydrogens is 260 g/mol. The van der Waals surface area contributed by atoms with Gasteiger partial charge in [-0.25, -0.2) is 4.98 Å². The zero-order chi connectivity index (χ0) is 14.7. The van der Waals surface area contributed by atoms with Crippen LogP contribution >= 0.6 is 0 Å². The minimum absolute atomic E-state index is 0.0682. The standard InChI is InChI=1S/C13H20N4O3/c1-4-7-20-13-10(17(18)19)12(14-9-5-6-9)15-11(16-13)8(2)3/h8-9H,4-7H2,1-3H3,(H,14,15,16). The highest BCUT2D eigenvalue weighted by atomic mass is 16.6. The van der Waals surface area contributed by atoms with Crippen molar-refractivity contribution >= 4 is 11.5 Å². The Morgan fingerprint density at radius 2 is 2.15 bits per heavy atom. The van der Waals surface area contributed by atoms with Crippen LogP contribution in [0.5, 0.6) is 5.88 Å². The molecule has 1 aliphatic carbocycles. The van der Waals surface area contributed by atoms with Crippen molar-refractivity contribution in [1.29, 1.82) is 0 Å². The molecule has 0 amide bonds. The molecule has 2 rings (SSSR count). The van der Waals surface area contributed by atoms with Gasteiger partial charge >= 0.3 is 5.69 Å². The zero-order valence-electron chi connectivity index (χ0n) is 12.0. The van der Waals surface area contributed by atoms with Crippen molar-refractivity contribution < 1.29 is 9.66 Å². The summed E-state index contributed by atoms with van der Waals surface area (Å²) in [6, 6.07) is 0.280. The lowest BCUT2D eigenvalue weighted by Gasteiger charge is -2.12. The summed E-state index contributed by atoms with van der Waals surface area (Å²) in [5.41, 5.74) is -0.158. The summed E-state index contributed by atoms with van der Waals surface area (Å²) in [5.74, 6) is 0.991. The molecule has 110 valence electrons. The molecule has 1 aromatic heterocycles. The average molecular weight is 280 g/mol. The van der Waals surface area contributed by atoms with Crippen LogP contribution in [0.3, 0.4) is 0 Å². The fourth-order valence-electron chi connectivity index (χ4n) is 1.69. The van der Waals surface area contributed by atoms with Gasteiger partial charge in [-0.3, -0.25) is 10.1 Å². The molecule has 0 aromatic carbocycles. The second-order valence-corrected chi connectivity index (χ2v) is 5.26. The van der Waals surface area contributed by atoms with E-state index in [4.69, 9.17) is 4.74 Å². The van der Waals surface area contributed by atoms with E-state index in [-0.39, 0.29) is 29.3 Å². The quantitative estimate of drug-likeness (QED) is 0.610. The molecule has 1 N–H and O–H groups in total. The molecule has 0 aliphatic heterocycles. The largest absolute Gasteiger partial charge is 0.473 e. The van der Waals surface area contributed by atoms with Crippen molar-refractivity contribution in [2.24, 2.45) is 0 Å². The predicted molar refractivity (Wildman–Crippen MR) is 75.2 cm³/mol. The normalized spacial score (nSPS) is 14.4. The third kappa shape index (κ3) is 3.34. The van der Waals surface area contributed by atoms with Crippen LogP contribution in [-0.4, -0.2) is 27.5 Å². The number of nitrogens with one attached hydrogen (secondary N) is 1. The van der Waals surface area contributed by atoms with E-state index in [0.717, 1.165) is 19.3 Å². The SMILES string of the molecule is CCCOc1nc(C(C)C)nc(NC2CC2)c1[N+](=O)[O-]. The maximum Gasteiger partial charge on any atom is 0.372 e. The monoisotopic (exact) mass is 280 g/mol. The molecule has 1 heterocycles. The van der Waals surface area contributed by atoms with Crippen LogP contribution in [0.15, 0.2) is 0 Å². The molecule has 0 atom stereocenters. The fraction of sp³-hybridized carbons (Fsp3) is 0.692. The van der Waals surface area contributed by atoms with Crippen LogP contribution in [0, 0.1) is 10.1 Å². The molecule has 0 saturated heterocycles. The zero-order valence-corrected chi connectivity index (χ0v) is 12.0. The third-order valence-electron chi connectivity index (χ3n) is 2.93. The number of ether oxygens (including phenoxy) is 1. The van der Waals surface area contributed by atoms with Gasteiger partial charge in [-0.05, 0) is 19.3 Å². The van der Waals surface area contributed by atoms with E-state index in [0.29, 0.717) is 12.4 Å². The summed E-state index contributed by atoms with van der Waals surface area (Å²) in [6.07, 6.45) is 2.80. The second kappa shape index (κ2) is 6.02. The molecule has 20 heavy (non-hydrogen) atoms. The summed E-state index contributed by atoms with van der Waals surface area (Å²) >= 11 is 0. The van der Waals surface area contributed by atoms with Crippen molar-refractivity contribution in [1.82, 2.24) is 9.97 Å². The maximum absolute atomic E-state index is 11.3. The Balaban J connectivity index is 2.43. The molecule has 1 aliphatic rings. The fourth-order valence-corrected chi connectivity index (χ4v) is 1.69. The van der Waals surface area contributed by atoms with Gasteiger partial charge in [-0.1, -0.05) is 20.8 Å². The number of anilines is 1. The predicted octanol–water partition coefficient (Wildman–Crippen LogP) is 2.87. The van der Waals surface area contributed by atoms with Crippen LogP contribution in [0.25, 0.3) is 0 Å². The van der Waals surface area contributed by atoms with Gasteiger partial charge in [-0.2, -0.15) is 4.98 Å². The minimum atomic E-state index is -0.472. The third-order valence-corrected chi connectivity index (χ3v) is 2.93. The molecule has 0 radical (unpaired) electrons. The number of hydrogen-bond donors (Lipinski definition) is 1. The minimum Gasteiger partial charge on any atom is -0.473 e. The summed E-state index contributed by atoms with van der Waals surface area (Å²) < 4.78 is 5.45. The highest BCUT2D eigenvalue weighted by molar-refractivity contribution is 5.62. The van der Waals surface area contributed by atoms with Crippen LogP contribution in [-0.2, 0) is 0 Å². The Morgan fingerprint density at radius 1 is 1.45 bits per heavy atom. The van der Waals surface area contributed by atoms with E-state index in [1.807, 2.05) is 20.8 Å². The number of nitrogens with zero attached hydrogens (tertiary/aromatic N) is 3. The van der Waals surface area contributed by atoms with Crippen molar-refractivity contribution in [3.8, 4) is 5.88 Å². The van der Waals surface area contributed by atoms with Crippen LogP contribution < -0.4 is 10.1 Å². The molecule has 1 fully saturated rings. The second-order valence-electron chi connectivity index (χ2n) is 5.26. The number of rotatable bonds is 7. The molecule has 1 aromatic rings. The van der Waals surface area contributed by atoms with E-state index in [2.05, 4.69) is 15.3 Å². The lowest BCUT2D eigenvalue weighted by Crippen LogP contribution is -2.12. The molecule has 0 bridgehead atoms. The first-order valence-corrected chi connectivity index (χ1v) is 6.98. The van der Waals surface area contributed by atoms with Gasteiger partial charge in [0.25, 0.3) is 5.88 Å². The van der Waals surface area contributed by atoms with Gasteiger partial charge < -0.3 is 10.1 Å². The Morgan fingerprint density at radius 3 is 2.65 bits per heavy atom. The van der Waals surface area contributed by atoms with E-state index in [9.17, 15) is 10.1 Å². The summed E-state index contributed by atoms with van der Waals surface area (Å²) in [7, 11) is 0. The highest BCUT2D eigenvalue weighted by Crippen LogP contribution is 2.36. The van der Waals surface area contributed by atoms with Crippen molar-refractivity contribution in [3.05, 3.63) is 15.9 Å². The first-order chi connectivity index (χ1) is 9.52. The lowest BCUT2D eigenvalue weighted by molar-refractivity contribution is -0.385. The van der Waals surface area contributed by atoms with Crippen LogP contribution in [0.4, 0.5) is 11.5 Å². The highest BCUT2D eigenvalue weighted by Gasteiger charge is 2.31. The molecular formula is C13H20N4O3. The first-order valence-electron chi connectivity index (χ1n) is 6.98. The Bertz CT molecular complexity index is 501. The van der Waals surface area contributed by atoms with Crippen molar-refractivity contribution in [3.63, 3.8) is 0 Å². The summed E-state index contributed by atoms with van der Waals surface area (Å²) in [4.78, 5) is 19.3. The summed E-state index contributed by atoms with van der Waals surface area (Å²) in [5, 5.41) is 14.4. The topological polar surface area (TPSA) is 90.2 Å². The molecule has 7 heteroatoms. The lowest BCUT2D eigenvalue weighted by atomic mass is 10.2. The van der Waals surface area contributed by atoms with E-state index in [1.165, 1.54) is 0 Å². The van der Waals surface area contributed by atoms with Crippen LogP contribution in [0.1, 0.15) is 51.8 Å². The smallest absolute Gasteiger partial charge is 0.372 e. The van der Waals surface area contributed by atoms with Gasteiger partial charge in [0.1, 0.15) is 5.82 Å². The van der Waals surface area contributed by atoms with Crippen LogP contribution in [0.2, 0.25) is 0 Å². The van der Waals surface area contributed by atoms with Gasteiger partial charge in [0.15, 0.2) is 0 Å². The molecule has 0 spiro atoms. The Labute approximate surface area is 117 Å². The number of hydrogen-bond acceptors (Lipinski definition) is 6. The first kappa shape index (κ1) is 14.5. The van der Waals surface area contributed by atoms with Gasteiger partial charge in [0, 0.05) is 12.0 Å². The van der Waals surface area contributed by atoms with Crippen molar-refractivity contribution in [2.75, 3.05) is 11.9 Å². The molecule has 7 nitrogen and oxygen atoms in total. The maximum atomic E-state index is 11.3. The van der Waals surface area contributed by atoms with E-state index < -0.39 is 4.92 Å². The number of nitro groups is 1. The van der Waals surface area contributed by atoms with E-state index >= 15 is 0 Å². The van der Waals surface area contributed by atoms with Gasteiger partial charge in [-0.15, -0.1) is 0 Å². The molecule has 1 saturated carbocycles. The summed E-state index contributed by atoms with van der Waals surface area (Å²) in [6.45, 7) is 6.25. The van der Waals surface area contributed by atoms with Gasteiger partial charge in [0.05, 0.1) is 11.5 Å². The van der Waals surface area contributed by atoms with E-state index in [1.54, 1.807) is 0 Å². The number of aromatic nitrogens is 2. The van der Waals surface area contributed by atoms with Crippen molar-refractivity contribution in [2.45, 2.75) is 52.0 Å². The molecule has 0 unspecified atom stereocenters. The Kier molecular flexibility index (Phi) is 4.36.